The van der Waals surface area contributed by atoms with Gasteiger partial charge in [-0.05, 0) is 25.0 Å². The second-order valence-corrected chi connectivity index (χ2v) is 3.74. The van der Waals surface area contributed by atoms with Gasteiger partial charge in [0.2, 0.25) is 0 Å². The van der Waals surface area contributed by atoms with Crippen molar-refractivity contribution in [1.82, 2.24) is 9.61 Å². The summed E-state index contributed by atoms with van der Waals surface area (Å²) >= 11 is 0. The summed E-state index contributed by atoms with van der Waals surface area (Å²) in [5.41, 5.74) is 1.83. The fraction of sp³-hybridized carbons (Fsp3) is 0.308. The van der Waals surface area contributed by atoms with E-state index in [1.54, 1.807) is 10.7 Å². The predicted molar refractivity (Wildman–Crippen MR) is 62.8 cm³/mol. The molecule has 1 unspecified atom stereocenters. The molecule has 82 valence electrons. The number of hydrogen-bond donors (Lipinski definition) is 1. The molecule has 1 atom stereocenters. The molecule has 0 saturated carbocycles. The molecular formula is C13H14N2O. The average molecular weight is 214 g/mol. The SMILES string of the molecule is C#CCCCC(O)c1cnn2ccccc12. The Bertz CT molecular complexity index is 510. The fourth-order valence-electron chi connectivity index (χ4n) is 1.76. The zero-order valence-corrected chi connectivity index (χ0v) is 9.00. The van der Waals surface area contributed by atoms with E-state index in [1.807, 2.05) is 24.4 Å². The van der Waals surface area contributed by atoms with Crippen LogP contribution in [0.4, 0.5) is 0 Å². The van der Waals surface area contributed by atoms with E-state index in [0.29, 0.717) is 12.8 Å². The second-order valence-electron chi connectivity index (χ2n) is 3.74. The third kappa shape index (κ3) is 2.07. The zero-order valence-electron chi connectivity index (χ0n) is 9.00. The van der Waals surface area contributed by atoms with Crippen molar-refractivity contribution in [2.24, 2.45) is 0 Å². The summed E-state index contributed by atoms with van der Waals surface area (Å²) in [6.45, 7) is 0. The summed E-state index contributed by atoms with van der Waals surface area (Å²) < 4.78 is 1.76. The van der Waals surface area contributed by atoms with E-state index in [2.05, 4.69) is 11.0 Å². The molecule has 2 aromatic rings. The van der Waals surface area contributed by atoms with E-state index in [0.717, 1.165) is 17.5 Å². The van der Waals surface area contributed by atoms with Crippen molar-refractivity contribution < 1.29 is 5.11 Å². The number of aliphatic hydroxyl groups excluding tert-OH is 1. The van der Waals surface area contributed by atoms with Crippen LogP contribution in [-0.2, 0) is 0 Å². The van der Waals surface area contributed by atoms with E-state index < -0.39 is 6.10 Å². The lowest BCUT2D eigenvalue weighted by Crippen LogP contribution is -1.96. The lowest BCUT2D eigenvalue weighted by Gasteiger charge is -2.07. The van der Waals surface area contributed by atoms with Crippen LogP contribution in [-0.4, -0.2) is 14.7 Å². The van der Waals surface area contributed by atoms with E-state index in [4.69, 9.17) is 6.42 Å². The van der Waals surface area contributed by atoms with Gasteiger partial charge in [0.1, 0.15) is 0 Å². The molecule has 2 aromatic heterocycles. The molecule has 0 amide bonds. The van der Waals surface area contributed by atoms with Gasteiger partial charge in [-0.3, -0.25) is 0 Å². The molecule has 1 N–H and O–H groups in total. The van der Waals surface area contributed by atoms with Gasteiger partial charge in [0.05, 0.1) is 17.8 Å². The monoisotopic (exact) mass is 214 g/mol. The summed E-state index contributed by atoms with van der Waals surface area (Å²) in [5, 5.41) is 14.2. The zero-order chi connectivity index (χ0) is 11.4. The first kappa shape index (κ1) is 10.7. The smallest absolute Gasteiger partial charge is 0.0827 e. The molecule has 0 saturated heterocycles. The van der Waals surface area contributed by atoms with Crippen LogP contribution in [0.2, 0.25) is 0 Å². The molecule has 0 spiro atoms. The maximum Gasteiger partial charge on any atom is 0.0827 e. The molecule has 2 heterocycles. The number of aromatic nitrogens is 2. The van der Waals surface area contributed by atoms with Gasteiger partial charge in [-0.15, -0.1) is 12.3 Å². The summed E-state index contributed by atoms with van der Waals surface area (Å²) in [6.07, 6.45) is 10.5. The van der Waals surface area contributed by atoms with Crippen LogP contribution in [0.15, 0.2) is 30.6 Å². The number of aliphatic hydroxyl groups is 1. The molecule has 16 heavy (non-hydrogen) atoms. The number of unbranched alkanes of at least 4 members (excludes halogenated alkanes) is 1. The lowest BCUT2D eigenvalue weighted by molar-refractivity contribution is 0.166. The first-order chi connectivity index (χ1) is 7.83. The van der Waals surface area contributed by atoms with Gasteiger partial charge in [-0.25, -0.2) is 4.52 Å². The minimum atomic E-state index is -0.478. The van der Waals surface area contributed by atoms with Gasteiger partial charge in [-0.2, -0.15) is 5.10 Å². The quantitative estimate of drug-likeness (QED) is 0.625. The van der Waals surface area contributed by atoms with E-state index >= 15 is 0 Å². The highest BCUT2D eigenvalue weighted by Crippen LogP contribution is 2.23. The Balaban J connectivity index is 2.17. The summed E-state index contributed by atoms with van der Waals surface area (Å²) in [6, 6.07) is 5.80. The average Bonchev–Trinajstić information content (AvgIpc) is 2.73. The first-order valence-electron chi connectivity index (χ1n) is 5.36. The van der Waals surface area contributed by atoms with E-state index in [1.165, 1.54) is 0 Å². The number of rotatable bonds is 4. The van der Waals surface area contributed by atoms with Crippen LogP contribution in [0, 0.1) is 12.3 Å². The van der Waals surface area contributed by atoms with Crippen molar-refractivity contribution in [3.05, 3.63) is 36.2 Å². The third-order valence-corrected chi connectivity index (χ3v) is 2.61. The maximum atomic E-state index is 10.0. The van der Waals surface area contributed by atoms with Gasteiger partial charge in [0.25, 0.3) is 0 Å². The third-order valence-electron chi connectivity index (χ3n) is 2.61. The van der Waals surface area contributed by atoms with E-state index in [9.17, 15) is 5.11 Å². The van der Waals surface area contributed by atoms with Crippen LogP contribution in [0.5, 0.6) is 0 Å². The Morgan fingerprint density at radius 1 is 1.50 bits per heavy atom. The van der Waals surface area contributed by atoms with Crippen LogP contribution < -0.4 is 0 Å². The van der Waals surface area contributed by atoms with Gasteiger partial charge in [-0.1, -0.05) is 6.07 Å². The number of nitrogens with zero attached hydrogens (tertiary/aromatic N) is 2. The Kier molecular flexibility index (Phi) is 3.23. The van der Waals surface area contributed by atoms with Gasteiger partial charge in [0.15, 0.2) is 0 Å². The Morgan fingerprint density at radius 3 is 3.19 bits per heavy atom. The van der Waals surface area contributed by atoms with Crippen molar-refractivity contribution in [2.45, 2.75) is 25.4 Å². The molecule has 0 radical (unpaired) electrons. The number of terminal acetylenes is 1. The first-order valence-corrected chi connectivity index (χ1v) is 5.36. The minimum absolute atomic E-state index is 0.478. The summed E-state index contributed by atoms with van der Waals surface area (Å²) in [7, 11) is 0. The Labute approximate surface area is 94.7 Å². The highest BCUT2D eigenvalue weighted by atomic mass is 16.3. The predicted octanol–water partition coefficient (Wildman–Crippen LogP) is 2.17. The Hall–Kier alpha value is -1.79. The van der Waals surface area contributed by atoms with Crippen LogP contribution in [0.1, 0.15) is 30.9 Å². The van der Waals surface area contributed by atoms with Gasteiger partial charge >= 0.3 is 0 Å². The molecule has 0 aliphatic rings. The number of fused-ring (bicyclic) bond motifs is 1. The van der Waals surface area contributed by atoms with Gasteiger partial charge < -0.3 is 5.11 Å². The van der Waals surface area contributed by atoms with Crippen molar-refractivity contribution in [1.29, 1.82) is 0 Å². The second kappa shape index (κ2) is 4.82. The number of hydrogen-bond acceptors (Lipinski definition) is 2. The largest absolute Gasteiger partial charge is 0.388 e. The molecular weight excluding hydrogens is 200 g/mol. The van der Waals surface area contributed by atoms with Crippen molar-refractivity contribution in [3.8, 4) is 12.3 Å². The molecule has 0 aliphatic carbocycles. The van der Waals surface area contributed by atoms with Crippen LogP contribution in [0.25, 0.3) is 5.52 Å². The maximum absolute atomic E-state index is 10.0. The normalized spacial score (nSPS) is 12.5. The summed E-state index contributed by atoms with van der Waals surface area (Å²) in [4.78, 5) is 0. The standard InChI is InChI=1S/C13H14N2O/c1-2-3-4-8-13(16)11-10-14-15-9-6-5-7-12(11)15/h1,5-7,9-10,13,16H,3-4,8H2. The fourth-order valence-corrected chi connectivity index (χ4v) is 1.76. The molecule has 2 rings (SSSR count). The molecule has 0 fully saturated rings. The van der Waals surface area contributed by atoms with Crippen molar-refractivity contribution in [3.63, 3.8) is 0 Å². The minimum Gasteiger partial charge on any atom is -0.388 e. The van der Waals surface area contributed by atoms with Crippen LogP contribution >= 0.6 is 0 Å². The summed E-state index contributed by atoms with van der Waals surface area (Å²) in [5.74, 6) is 2.57. The number of pyridine rings is 1. The highest BCUT2D eigenvalue weighted by molar-refractivity contribution is 5.54. The molecule has 0 aromatic carbocycles. The molecule has 0 aliphatic heterocycles. The van der Waals surface area contributed by atoms with Gasteiger partial charge in [0, 0.05) is 18.2 Å². The highest BCUT2D eigenvalue weighted by Gasteiger charge is 2.12. The van der Waals surface area contributed by atoms with E-state index in [-0.39, 0.29) is 0 Å². The Morgan fingerprint density at radius 2 is 2.38 bits per heavy atom. The lowest BCUT2D eigenvalue weighted by atomic mass is 10.1. The molecule has 0 bridgehead atoms. The molecule has 3 heteroatoms. The molecule has 3 nitrogen and oxygen atoms in total. The van der Waals surface area contributed by atoms with Crippen LogP contribution in [0.3, 0.4) is 0 Å². The van der Waals surface area contributed by atoms with Crippen molar-refractivity contribution in [2.75, 3.05) is 0 Å². The van der Waals surface area contributed by atoms with Crippen molar-refractivity contribution >= 4 is 5.52 Å². The topological polar surface area (TPSA) is 37.5 Å².